The highest BCUT2D eigenvalue weighted by Gasteiger charge is 2.58. The molecule has 0 aliphatic carbocycles. The molecular weight excluding hydrogens is 677 g/mol. The lowest BCUT2D eigenvalue weighted by Gasteiger charge is -2.31. The number of para-hydroxylation sites is 4. The molecule has 0 saturated carbocycles. The topological polar surface area (TPSA) is 107 Å². The molecule has 2 aliphatic heterocycles. The van der Waals surface area contributed by atoms with Gasteiger partial charge in [0.25, 0.3) is 0 Å². The summed E-state index contributed by atoms with van der Waals surface area (Å²) in [6.45, 7) is 20.5. The van der Waals surface area contributed by atoms with E-state index in [4.69, 9.17) is 9.68 Å². The molecule has 2 heterocycles. The summed E-state index contributed by atoms with van der Waals surface area (Å²) >= 11 is 0. The largest absolute Gasteiger partial charge is 0.391 e. The number of rotatable bonds is 8. The first kappa shape index (κ1) is 38.2. The van der Waals surface area contributed by atoms with Crippen LogP contribution in [-0.2, 0) is 19.3 Å². The number of guanidine groups is 2. The van der Waals surface area contributed by atoms with Crippen molar-refractivity contribution in [2.45, 2.75) is 81.3 Å². The Hall–Kier alpha value is -5.58. The zero-order valence-electron chi connectivity index (χ0n) is 33.1. The minimum atomic E-state index is -0.796. The Morgan fingerprint density at radius 1 is 0.537 bits per heavy atom. The third-order valence-electron chi connectivity index (χ3n) is 10.9. The quantitative estimate of drug-likeness (QED) is 0.139. The zero-order valence-corrected chi connectivity index (χ0v) is 33.1. The number of benzene rings is 4. The monoisotopic (exact) mass is 728 g/mol. The van der Waals surface area contributed by atoms with Crippen LogP contribution in [0.1, 0.15) is 58.4 Å². The van der Waals surface area contributed by atoms with Crippen LogP contribution >= 0.6 is 0 Å². The van der Waals surface area contributed by atoms with Gasteiger partial charge in [-0.1, -0.05) is 72.8 Å². The molecule has 0 bridgehead atoms. The number of aryl methyl sites for hydroxylation is 8. The SMILES string of the molecule is Cc1cccc(C)c1N1C(=N)[N+](OC(=O)/C=C/C(=O)O[N+]2(c3c(C)cccc3C)CC(C)N(c3c(C)cccc3C)C2=N)(c2c(C)cccc2C)CC1C. The average Bonchev–Trinajstić information content (AvgIpc) is 3.47. The molecule has 0 radical (unpaired) electrons. The van der Waals surface area contributed by atoms with Gasteiger partial charge in [0.1, 0.15) is 0 Å². The molecule has 54 heavy (non-hydrogen) atoms. The molecule has 0 spiro atoms. The molecule has 2 saturated heterocycles. The molecule has 4 aromatic carbocycles. The summed E-state index contributed by atoms with van der Waals surface area (Å²) in [4.78, 5) is 44.5. The van der Waals surface area contributed by atoms with E-state index < -0.39 is 21.2 Å². The van der Waals surface area contributed by atoms with Gasteiger partial charge in [-0.3, -0.25) is 19.5 Å². The van der Waals surface area contributed by atoms with E-state index in [2.05, 4.69) is 0 Å². The summed E-state index contributed by atoms with van der Waals surface area (Å²) < 4.78 is -0.943. The van der Waals surface area contributed by atoms with Gasteiger partial charge in [-0.15, -0.1) is 0 Å². The van der Waals surface area contributed by atoms with Crippen molar-refractivity contribution in [3.63, 3.8) is 0 Å². The van der Waals surface area contributed by atoms with Gasteiger partial charge >= 0.3 is 23.9 Å². The minimum Gasteiger partial charge on any atom is -0.268 e. The Morgan fingerprint density at radius 2 is 0.796 bits per heavy atom. The van der Waals surface area contributed by atoms with Crippen LogP contribution in [0.3, 0.4) is 0 Å². The first-order chi connectivity index (χ1) is 25.5. The number of hydrogen-bond acceptors (Lipinski definition) is 6. The predicted octanol–water partition coefficient (Wildman–Crippen LogP) is 8.63. The van der Waals surface area contributed by atoms with Crippen LogP contribution in [0.2, 0.25) is 0 Å². The number of hydroxylamine groups is 4. The van der Waals surface area contributed by atoms with Crippen molar-refractivity contribution in [1.82, 2.24) is 9.29 Å². The van der Waals surface area contributed by atoms with E-state index >= 15 is 0 Å². The fraction of sp³-hybridized carbons (Fsp3) is 0.318. The predicted molar refractivity (Wildman–Crippen MR) is 218 cm³/mol. The summed E-state index contributed by atoms with van der Waals surface area (Å²) in [5.41, 5.74) is 10.8. The average molecular weight is 729 g/mol. The van der Waals surface area contributed by atoms with Crippen molar-refractivity contribution in [3.8, 4) is 0 Å². The number of carbonyl (C=O) groups is 2. The van der Waals surface area contributed by atoms with Gasteiger partial charge in [0.05, 0.1) is 23.5 Å². The second kappa shape index (κ2) is 14.3. The standard InChI is InChI=1S/C44H52N6O4/c1-27-15-11-16-28(2)39(27)47-35(9)25-49(43(47)45,41-31(5)19-13-20-32(41)6)53-37(51)23-24-38(52)54-50(42-33(7)21-14-22-34(42)8)26-36(10)48(44(50)46)40-29(3)17-12-18-30(40)4/h11-24,35-36,45-46H,25-26H2,1-10H3/q+2/b24-23+,45-43?,46-44?. The molecule has 280 valence electrons. The maximum atomic E-state index is 14.0. The lowest BCUT2D eigenvalue weighted by molar-refractivity contribution is -0.165. The summed E-state index contributed by atoms with van der Waals surface area (Å²) in [6, 6.07) is 23.4. The van der Waals surface area contributed by atoms with E-state index in [1.54, 1.807) is 0 Å². The number of hydrogen-bond donors (Lipinski definition) is 2. The maximum absolute atomic E-state index is 14.0. The Kier molecular flexibility index (Phi) is 10.1. The van der Waals surface area contributed by atoms with Crippen LogP contribution in [0.4, 0.5) is 22.7 Å². The van der Waals surface area contributed by atoms with E-state index in [9.17, 15) is 20.4 Å². The number of nitrogens with zero attached hydrogens (tertiary/aromatic N) is 4. The van der Waals surface area contributed by atoms with Gasteiger partial charge < -0.3 is 0 Å². The fourth-order valence-electron chi connectivity index (χ4n) is 8.77. The molecule has 0 amide bonds. The van der Waals surface area contributed by atoms with Crippen molar-refractivity contribution in [2.24, 2.45) is 0 Å². The first-order valence-electron chi connectivity index (χ1n) is 18.5. The summed E-state index contributed by atoms with van der Waals surface area (Å²) in [5.74, 6) is -1.38. The molecule has 2 aliphatic rings. The highest BCUT2D eigenvalue weighted by molar-refractivity contribution is 6.08. The summed E-state index contributed by atoms with van der Waals surface area (Å²) in [5, 5.41) is 19.3. The second-order valence-electron chi connectivity index (χ2n) is 15.0. The van der Waals surface area contributed by atoms with E-state index in [0.29, 0.717) is 11.4 Å². The van der Waals surface area contributed by atoms with Crippen molar-refractivity contribution in [3.05, 3.63) is 129 Å². The third kappa shape index (κ3) is 6.29. The van der Waals surface area contributed by atoms with Crippen molar-refractivity contribution >= 4 is 46.6 Å². The normalized spacial score (nSPS) is 22.7. The van der Waals surface area contributed by atoms with Crippen LogP contribution in [0.25, 0.3) is 0 Å². The Bertz CT molecular complexity index is 1990. The number of carbonyl (C=O) groups excluding carboxylic acids is 2. The van der Waals surface area contributed by atoms with Gasteiger partial charge in [0, 0.05) is 34.4 Å². The molecule has 4 unspecified atom stereocenters. The zero-order chi connectivity index (χ0) is 39.3. The molecule has 0 aromatic heterocycles. The van der Waals surface area contributed by atoms with Crippen LogP contribution in [0, 0.1) is 66.2 Å². The molecule has 10 heteroatoms. The Balaban J connectivity index is 1.36. The highest BCUT2D eigenvalue weighted by atomic mass is 16.8. The van der Waals surface area contributed by atoms with Crippen LogP contribution in [0.15, 0.2) is 84.9 Å². The lowest BCUT2D eigenvalue weighted by atomic mass is 10.1. The van der Waals surface area contributed by atoms with E-state index in [1.807, 2.05) is 152 Å². The highest BCUT2D eigenvalue weighted by Crippen LogP contribution is 2.43. The molecule has 2 N–H and O–H groups in total. The van der Waals surface area contributed by atoms with Gasteiger partial charge in [-0.05, 0) is 101 Å². The summed E-state index contributed by atoms with van der Waals surface area (Å²) in [6.07, 6.45) is 2.15. The number of anilines is 2. The first-order valence-corrected chi connectivity index (χ1v) is 18.5. The van der Waals surface area contributed by atoms with Gasteiger partial charge in [-0.25, -0.2) is 20.4 Å². The van der Waals surface area contributed by atoms with Crippen molar-refractivity contribution in [2.75, 3.05) is 22.9 Å². The smallest absolute Gasteiger partial charge is 0.268 e. The molecule has 10 nitrogen and oxygen atoms in total. The van der Waals surface area contributed by atoms with Gasteiger partial charge in [0.15, 0.2) is 24.5 Å². The van der Waals surface area contributed by atoms with E-state index in [0.717, 1.165) is 68.0 Å². The molecule has 2 fully saturated rings. The molecule has 4 aromatic rings. The van der Waals surface area contributed by atoms with Crippen LogP contribution in [-0.4, -0.2) is 49.0 Å². The third-order valence-corrected chi connectivity index (χ3v) is 10.9. The number of nitrogens with one attached hydrogen (secondary N) is 2. The van der Waals surface area contributed by atoms with Crippen LogP contribution < -0.4 is 19.1 Å². The van der Waals surface area contributed by atoms with Crippen molar-refractivity contribution < 1.29 is 19.3 Å². The van der Waals surface area contributed by atoms with Crippen LogP contribution in [0.5, 0.6) is 0 Å². The molecular formula is C44H52N6O4+2. The lowest BCUT2D eigenvalue weighted by Crippen LogP contribution is -2.55. The van der Waals surface area contributed by atoms with Gasteiger partial charge in [0.2, 0.25) is 0 Å². The minimum absolute atomic E-state index is 0.104. The Morgan fingerprint density at radius 3 is 1.07 bits per heavy atom. The van der Waals surface area contributed by atoms with E-state index in [-0.39, 0.29) is 37.1 Å². The maximum Gasteiger partial charge on any atom is 0.391 e. The second-order valence-corrected chi connectivity index (χ2v) is 15.0. The summed E-state index contributed by atoms with van der Waals surface area (Å²) in [7, 11) is 0. The Labute approximate surface area is 318 Å². The number of quaternary nitrogens is 2. The molecule has 6 rings (SSSR count). The fourth-order valence-corrected chi connectivity index (χ4v) is 8.77. The molecule has 4 atom stereocenters. The van der Waals surface area contributed by atoms with Gasteiger partial charge in [-0.2, -0.15) is 0 Å². The van der Waals surface area contributed by atoms with E-state index in [1.165, 1.54) is 0 Å². The van der Waals surface area contributed by atoms with Crippen molar-refractivity contribution in [1.29, 1.82) is 10.8 Å².